The first-order valence-electron chi connectivity index (χ1n) is 6.04. The smallest absolute Gasteiger partial charge is 0.137 e. The second-order valence-electron chi connectivity index (χ2n) is 4.38. The zero-order valence-electron chi connectivity index (χ0n) is 11.0. The third-order valence-corrected chi connectivity index (χ3v) is 4.65. The van der Waals surface area contributed by atoms with Gasteiger partial charge in [-0.3, -0.25) is 0 Å². The Balaban J connectivity index is 2.39. The summed E-state index contributed by atoms with van der Waals surface area (Å²) >= 11 is 12.9. The van der Waals surface area contributed by atoms with Gasteiger partial charge >= 0.3 is 0 Å². The van der Waals surface area contributed by atoms with Crippen LogP contribution in [0.25, 0.3) is 0 Å². The van der Waals surface area contributed by atoms with Crippen LogP contribution in [0.15, 0.2) is 34.8 Å². The highest BCUT2D eigenvalue weighted by molar-refractivity contribution is 9.10. The van der Waals surface area contributed by atoms with Crippen molar-refractivity contribution in [3.05, 3.63) is 62.6 Å². The Hall–Kier alpha value is -0.650. The van der Waals surface area contributed by atoms with Crippen molar-refractivity contribution in [2.45, 2.75) is 11.2 Å². The normalized spacial score (nSPS) is 12.3. The number of methoxy groups -OCH3 is 1. The van der Waals surface area contributed by atoms with Crippen molar-refractivity contribution >= 4 is 43.5 Å². The molecule has 0 N–H and O–H groups in total. The first-order chi connectivity index (χ1) is 9.93. The molecule has 0 saturated carbocycles. The van der Waals surface area contributed by atoms with Gasteiger partial charge in [0.15, 0.2) is 0 Å². The van der Waals surface area contributed by atoms with Crippen LogP contribution < -0.4 is 4.74 Å². The van der Waals surface area contributed by atoms with Crippen LogP contribution in [0.1, 0.15) is 16.0 Å². The number of alkyl halides is 1. The van der Waals surface area contributed by atoms with Crippen molar-refractivity contribution < 1.29 is 13.5 Å². The van der Waals surface area contributed by atoms with Crippen molar-refractivity contribution in [1.29, 1.82) is 0 Å². The fourth-order valence-electron chi connectivity index (χ4n) is 2.04. The lowest BCUT2D eigenvalue weighted by molar-refractivity contribution is 0.406. The number of halogens is 5. The molecule has 21 heavy (non-hydrogen) atoms. The fourth-order valence-corrected chi connectivity index (χ4v) is 3.70. The predicted octanol–water partition coefficient (Wildman–Crippen LogP) is 6.07. The van der Waals surface area contributed by atoms with Crippen molar-refractivity contribution in [3.8, 4) is 5.75 Å². The molecule has 0 aliphatic rings. The van der Waals surface area contributed by atoms with Crippen LogP contribution >= 0.6 is 43.5 Å². The monoisotopic (exact) mass is 438 g/mol. The molecule has 1 unspecified atom stereocenters. The maximum Gasteiger partial charge on any atom is 0.137 e. The van der Waals surface area contributed by atoms with Crippen LogP contribution in [0.2, 0.25) is 5.02 Å². The standard InChI is InChI=1S/C15H11Br2ClF2O/c1-21-15-9(5-8(18)6-12(15)17)11(16)7-10-13(19)3-2-4-14(10)20/h2-6,11H,7H2,1H3. The maximum atomic E-state index is 13.7. The molecule has 0 heterocycles. The molecule has 0 aliphatic heterocycles. The molecule has 1 nitrogen and oxygen atoms in total. The van der Waals surface area contributed by atoms with Crippen LogP contribution in [0, 0.1) is 11.6 Å². The first-order valence-corrected chi connectivity index (χ1v) is 8.12. The van der Waals surface area contributed by atoms with Crippen LogP contribution in [-0.2, 0) is 6.42 Å². The van der Waals surface area contributed by atoms with E-state index in [1.54, 1.807) is 12.1 Å². The Morgan fingerprint density at radius 1 is 1.24 bits per heavy atom. The number of rotatable bonds is 4. The highest BCUT2D eigenvalue weighted by Gasteiger charge is 2.20. The summed E-state index contributed by atoms with van der Waals surface area (Å²) in [6.07, 6.45) is 0.141. The van der Waals surface area contributed by atoms with Gasteiger partial charge in [-0.25, -0.2) is 8.78 Å². The molecule has 0 amide bonds. The van der Waals surface area contributed by atoms with Gasteiger partial charge in [0.25, 0.3) is 0 Å². The second-order valence-corrected chi connectivity index (χ2v) is 6.78. The lowest BCUT2D eigenvalue weighted by atomic mass is 10.0. The Bertz CT molecular complexity index is 644. The Morgan fingerprint density at radius 3 is 2.43 bits per heavy atom. The molecule has 6 heteroatoms. The van der Waals surface area contributed by atoms with Crippen LogP contribution in [0.4, 0.5) is 8.78 Å². The highest BCUT2D eigenvalue weighted by atomic mass is 79.9. The van der Waals surface area contributed by atoms with Crippen molar-refractivity contribution in [3.63, 3.8) is 0 Å². The molecule has 0 radical (unpaired) electrons. The van der Waals surface area contributed by atoms with E-state index in [2.05, 4.69) is 31.9 Å². The minimum absolute atomic E-state index is 0.0255. The molecule has 0 saturated heterocycles. The van der Waals surface area contributed by atoms with E-state index in [0.29, 0.717) is 15.2 Å². The van der Waals surface area contributed by atoms with Crippen molar-refractivity contribution in [2.75, 3.05) is 7.11 Å². The van der Waals surface area contributed by atoms with Gasteiger partial charge in [0, 0.05) is 21.0 Å². The minimum Gasteiger partial charge on any atom is -0.495 e. The molecule has 1 atom stereocenters. The lowest BCUT2D eigenvalue weighted by Crippen LogP contribution is -2.03. The molecule has 0 aliphatic carbocycles. The average Bonchev–Trinajstić information content (AvgIpc) is 2.42. The van der Waals surface area contributed by atoms with E-state index in [4.69, 9.17) is 16.3 Å². The molecular weight excluding hydrogens is 429 g/mol. The van der Waals surface area contributed by atoms with Gasteiger partial charge in [-0.05, 0) is 46.6 Å². The average molecular weight is 441 g/mol. The zero-order valence-corrected chi connectivity index (χ0v) is 14.9. The lowest BCUT2D eigenvalue weighted by Gasteiger charge is -2.17. The highest BCUT2D eigenvalue weighted by Crippen LogP contribution is 2.40. The minimum atomic E-state index is -0.570. The molecule has 0 bridgehead atoms. The summed E-state index contributed by atoms with van der Waals surface area (Å²) in [5.41, 5.74) is 0.747. The van der Waals surface area contributed by atoms with Gasteiger partial charge in [-0.15, -0.1) is 0 Å². The van der Waals surface area contributed by atoms with E-state index in [0.717, 1.165) is 5.56 Å². The number of hydrogen-bond acceptors (Lipinski definition) is 1. The van der Waals surface area contributed by atoms with E-state index in [1.165, 1.54) is 25.3 Å². The molecule has 0 fully saturated rings. The van der Waals surface area contributed by atoms with Gasteiger partial charge in [-0.1, -0.05) is 33.6 Å². The molecule has 2 aromatic carbocycles. The molecule has 0 spiro atoms. The predicted molar refractivity (Wildman–Crippen MR) is 87.4 cm³/mol. The van der Waals surface area contributed by atoms with E-state index in [1.807, 2.05) is 0 Å². The van der Waals surface area contributed by atoms with Crippen molar-refractivity contribution in [2.24, 2.45) is 0 Å². The topological polar surface area (TPSA) is 9.23 Å². The molecule has 2 rings (SSSR count). The number of ether oxygens (including phenoxy) is 1. The van der Waals surface area contributed by atoms with Crippen LogP contribution in [0.3, 0.4) is 0 Å². The third-order valence-electron chi connectivity index (χ3n) is 3.02. The maximum absolute atomic E-state index is 13.7. The molecular formula is C15H11Br2ClF2O. The fraction of sp³-hybridized carbons (Fsp3) is 0.200. The van der Waals surface area contributed by atoms with Gasteiger partial charge in [-0.2, -0.15) is 0 Å². The molecule has 112 valence electrons. The van der Waals surface area contributed by atoms with Crippen LogP contribution in [0.5, 0.6) is 5.75 Å². The Morgan fingerprint density at radius 2 is 1.86 bits per heavy atom. The summed E-state index contributed by atoms with van der Waals surface area (Å²) in [5, 5.41) is 0.510. The summed E-state index contributed by atoms with van der Waals surface area (Å²) in [5.74, 6) is -0.558. The Labute approximate surface area is 143 Å². The van der Waals surface area contributed by atoms with E-state index >= 15 is 0 Å². The third kappa shape index (κ3) is 3.76. The van der Waals surface area contributed by atoms with E-state index in [-0.39, 0.29) is 16.8 Å². The van der Waals surface area contributed by atoms with Gasteiger partial charge in [0.2, 0.25) is 0 Å². The first kappa shape index (κ1) is 16.7. The Kier molecular flexibility index (Phi) is 5.63. The summed E-state index contributed by atoms with van der Waals surface area (Å²) in [4.78, 5) is -0.339. The molecule has 2 aromatic rings. The van der Waals surface area contributed by atoms with Crippen LogP contribution in [-0.4, -0.2) is 7.11 Å². The second kappa shape index (κ2) is 7.07. The van der Waals surface area contributed by atoms with Gasteiger partial charge < -0.3 is 4.74 Å². The molecule has 0 aromatic heterocycles. The largest absolute Gasteiger partial charge is 0.495 e. The van der Waals surface area contributed by atoms with Gasteiger partial charge in [0.1, 0.15) is 17.4 Å². The van der Waals surface area contributed by atoms with E-state index < -0.39 is 11.6 Å². The van der Waals surface area contributed by atoms with Crippen molar-refractivity contribution in [1.82, 2.24) is 0 Å². The quantitative estimate of drug-likeness (QED) is 0.525. The number of benzene rings is 2. The number of hydrogen-bond donors (Lipinski definition) is 0. The summed E-state index contributed by atoms with van der Waals surface area (Å²) in [6, 6.07) is 7.23. The summed E-state index contributed by atoms with van der Waals surface area (Å²) < 4.78 is 33.5. The SMILES string of the molecule is COc1c(Br)cc(Cl)cc1C(Br)Cc1c(F)cccc1F. The zero-order chi connectivity index (χ0) is 15.6. The summed E-state index contributed by atoms with van der Waals surface area (Å²) in [7, 11) is 1.53. The van der Waals surface area contributed by atoms with E-state index in [9.17, 15) is 8.78 Å². The summed E-state index contributed by atoms with van der Waals surface area (Å²) in [6.45, 7) is 0. The van der Waals surface area contributed by atoms with Gasteiger partial charge in [0.05, 0.1) is 11.6 Å².